The van der Waals surface area contributed by atoms with Crippen molar-refractivity contribution in [1.82, 2.24) is 0 Å². The van der Waals surface area contributed by atoms with Crippen molar-refractivity contribution in [2.24, 2.45) is 0 Å². The molecule has 2 N–H and O–H groups in total. The molecule has 4 nitrogen and oxygen atoms in total. The molecule has 0 fully saturated rings. The maximum absolute atomic E-state index is 11.4. The summed E-state index contributed by atoms with van der Waals surface area (Å²) in [6.07, 6.45) is -0.242. The van der Waals surface area contributed by atoms with Crippen LogP contribution in [0.3, 0.4) is 0 Å². The Kier molecular flexibility index (Phi) is 4.77. The maximum Gasteiger partial charge on any atom is 0.333 e. The van der Waals surface area contributed by atoms with Gasteiger partial charge in [-0.2, -0.15) is 0 Å². The standard InChI is InChI=1S/C14H19NO3/c1-9(10(2)14(16)17-4)11(3)18-13-8-6-5-7-12(13)15/h5-8,11H,15H2,1-4H3. The van der Waals surface area contributed by atoms with E-state index in [-0.39, 0.29) is 12.1 Å². The molecule has 0 bridgehead atoms. The van der Waals surface area contributed by atoms with Crippen LogP contribution < -0.4 is 10.5 Å². The molecule has 1 aromatic carbocycles. The van der Waals surface area contributed by atoms with Crippen LogP contribution in [0.5, 0.6) is 5.75 Å². The molecule has 0 spiro atoms. The van der Waals surface area contributed by atoms with Gasteiger partial charge in [-0.3, -0.25) is 0 Å². The Morgan fingerprint density at radius 1 is 1.28 bits per heavy atom. The zero-order chi connectivity index (χ0) is 13.7. The van der Waals surface area contributed by atoms with Crippen LogP contribution in [0.4, 0.5) is 5.69 Å². The highest BCUT2D eigenvalue weighted by Crippen LogP contribution is 2.23. The number of carbonyl (C=O) groups excluding carboxylic acids is 1. The minimum absolute atomic E-state index is 0.242. The van der Waals surface area contributed by atoms with Crippen LogP contribution in [0.2, 0.25) is 0 Å². The number of anilines is 1. The molecule has 98 valence electrons. The van der Waals surface area contributed by atoms with Crippen molar-refractivity contribution in [3.05, 3.63) is 35.4 Å². The number of esters is 1. The Bertz CT molecular complexity index is 466. The maximum atomic E-state index is 11.4. The minimum atomic E-state index is -0.344. The van der Waals surface area contributed by atoms with Gasteiger partial charge in [-0.15, -0.1) is 0 Å². The molecule has 4 heteroatoms. The van der Waals surface area contributed by atoms with Crippen molar-refractivity contribution >= 4 is 11.7 Å². The first-order chi connectivity index (χ1) is 8.47. The zero-order valence-electron chi connectivity index (χ0n) is 11.2. The first-order valence-electron chi connectivity index (χ1n) is 5.74. The van der Waals surface area contributed by atoms with Crippen LogP contribution >= 0.6 is 0 Å². The molecule has 0 aliphatic carbocycles. The first kappa shape index (κ1) is 14.1. The van der Waals surface area contributed by atoms with Crippen LogP contribution in [0.15, 0.2) is 35.4 Å². The molecule has 1 aromatic rings. The third kappa shape index (κ3) is 3.26. The van der Waals surface area contributed by atoms with Gasteiger partial charge in [0.25, 0.3) is 0 Å². The average molecular weight is 249 g/mol. The van der Waals surface area contributed by atoms with Gasteiger partial charge in [0.2, 0.25) is 0 Å². The highest BCUT2D eigenvalue weighted by molar-refractivity contribution is 5.88. The quantitative estimate of drug-likeness (QED) is 0.506. The Balaban J connectivity index is 2.86. The minimum Gasteiger partial charge on any atom is -0.484 e. The molecule has 0 radical (unpaired) electrons. The molecule has 0 aliphatic rings. The van der Waals surface area contributed by atoms with E-state index in [9.17, 15) is 4.79 Å². The number of methoxy groups -OCH3 is 1. The number of nitrogen functional groups attached to an aromatic ring is 1. The lowest BCUT2D eigenvalue weighted by Crippen LogP contribution is -2.18. The number of para-hydroxylation sites is 2. The monoisotopic (exact) mass is 249 g/mol. The lowest BCUT2D eigenvalue weighted by molar-refractivity contribution is -0.136. The van der Waals surface area contributed by atoms with E-state index >= 15 is 0 Å². The second kappa shape index (κ2) is 6.10. The second-order valence-electron chi connectivity index (χ2n) is 4.10. The van der Waals surface area contributed by atoms with E-state index in [0.717, 1.165) is 5.57 Å². The van der Waals surface area contributed by atoms with E-state index in [1.165, 1.54) is 7.11 Å². The highest BCUT2D eigenvalue weighted by Gasteiger charge is 2.15. The Morgan fingerprint density at radius 3 is 2.44 bits per heavy atom. The molecule has 0 aliphatic heterocycles. The van der Waals surface area contributed by atoms with Gasteiger partial charge in [0.1, 0.15) is 11.9 Å². The summed E-state index contributed by atoms with van der Waals surface area (Å²) in [4.78, 5) is 11.4. The fourth-order valence-electron chi connectivity index (χ4n) is 1.49. The fraction of sp³-hybridized carbons (Fsp3) is 0.357. The van der Waals surface area contributed by atoms with Crippen LogP contribution in [-0.4, -0.2) is 19.2 Å². The predicted molar refractivity (Wildman–Crippen MR) is 71.3 cm³/mol. The SMILES string of the molecule is COC(=O)C(C)=C(C)C(C)Oc1ccccc1N. The summed E-state index contributed by atoms with van der Waals surface area (Å²) in [5.74, 6) is 0.269. The van der Waals surface area contributed by atoms with E-state index in [0.29, 0.717) is 17.0 Å². The van der Waals surface area contributed by atoms with Gasteiger partial charge in [-0.05, 0) is 38.5 Å². The molecule has 0 aromatic heterocycles. The van der Waals surface area contributed by atoms with Crippen molar-refractivity contribution in [2.45, 2.75) is 26.9 Å². The number of nitrogens with two attached hydrogens (primary N) is 1. The van der Waals surface area contributed by atoms with Crippen LogP contribution in [0.1, 0.15) is 20.8 Å². The molecule has 1 unspecified atom stereocenters. The summed E-state index contributed by atoms with van der Waals surface area (Å²) in [6.45, 7) is 5.43. The van der Waals surface area contributed by atoms with E-state index in [2.05, 4.69) is 4.74 Å². The van der Waals surface area contributed by atoms with Crippen molar-refractivity contribution in [2.75, 3.05) is 12.8 Å². The summed E-state index contributed by atoms with van der Waals surface area (Å²) in [6, 6.07) is 7.26. The van der Waals surface area contributed by atoms with Gasteiger partial charge in [0.05, 0.1) is 12.8 Å². The summed E-state index contributed by atoms with van der Waals surface area (Å²) in [7, 11) is 1.36. The van der Waals surface area contributed by atoms with Gasteiger partial charge >= 0.3 is 5.97 Å². The van der Waals surface area contributed by atoms with E-state index in [4.69, 9.17) is 10.5 Å². The van der Waals surface area contributed by atoms with Gasteiger partial charge in [-0.25, -0.2) is 4.79 Å². The number of carbonyl (C=O) groups is 1. The van der Waals surface area contributed by atoms with Gasteiger partial charge in [-0.1, -0.05) is 12.1 Å². The van der Waals surface area contributed by atoms with E-state index < -0.39 is 0 Å². The molecule has 18 heavy (non-hydrogen) atoms. The molecule has 0 saturated carbocycles. The molecular formula is C14H19NO3. The predicted octanol–water partition coefficient (Wildman–Crippen LogP) is 2.55. The molecule has 1 rings (SSSR count). The number of hydrogen-bond acceptors (Lipinski definition) is 4. The number of ether oxygens (including phenoxy) is 2. The third-order valence-electron chi connectivity index (χ3n) is 2.92. The van der Waals surface area contributed by atoms with Gasteiger partial charge < -0.3 is 15.2 Å². The van der Waals surface area contributed by atoms with Gasteiger partial charge in [0, 0.05) is 5.57 Å². The zero-order valence-corrected chi connectivity index (χ0v) is 11.2. The summed E-state index contributed by atoms with van der Waals surface area (Å²) in [5.41, 5.74) is 7.75. The lowest BCUT2D eigenvalue weighted by Gasteiger charge is -2.18. The topological polar surface area (TPSA) is 61.5 Å². The van der Waals surface area contributed by atoms with E-state index in [1.54, 1.807) is 19.1 Å². The average Bonchev–Trinajstić information content (AvgIpc) is 2.38. The summed E-state index contributed by atoms with van der Waals surface area (Å²) in [5, 5.41) is 0. The first-order valence-corrected chi connectivity index (χ1v) is 5.74. The third-order valence-corrected chi connectivity index (χ3v) is 2.92. The van der Waals surface area contributed by atoms with Crippen molar-refractivity contribution in [1.29, 1.82) is 0 Å². The highest BCUT2D eigenvalue weighted by atomic mass is 16.5. The Morgan fingerprint density at radius 2 is 1.89 bits per heavy atom. The van der Waals surface area contributed by atoms with Crippen molar-refractivity contribution < 1.29 is 14.3 Å². The van der Waals surface area contributed by atoms with Crippen LogP contribution in [-0.2, 0) is 9.53 Å². The lowest BCUT2D eigenvalue weighted by atomic mass is 10.1. The van der Waals surface area contributed by atoms with Crippen molar-refractivity contribution in [3.8, 4) is 5.75 Å². The Labute approximate surface area is 107 Å². The van der Waals surface area contributed by atoms with E-state index in [1.807, 2.05) is 26.0 Å². The number of benzene rings is 1. The Hall–Kier alpha value is -1.97. The fourth-order valence-corrected chi connectivity index (χ4v) is 1.49. The van der Waals surface area contributed by atoms with Crippen LogP contribution in [0, 0.1) is 0 Å². The van der Waals surface area contributed by atoms with Gasteiger partial charge in [0.15, 0.2) is 0 Å². The van der Waals surface area contributed by atoms with Crippen molar-refractivity contribution in [3.63, 3.8) is 0 Å². The van der Waals surface area contributed by atoms with Crippen LogP contribution in [0.25, 0.3) is 0 Å². The normalized spacial score (nSPS) is 13.6. The smallest absolute Gasteiger partial charge is 0.333 e. The number of rotatable bonds is 4. The molecular weight excluding hydrogens is 230 g/mol. The summed E-state index contributed by atoms with van der Waals surface area (Å²) < 4.78 is 10.4. The molecule has 0 heterocycles. The number of hydrogen-bond donors (Lipinski definition) is 1. The molecule has 0 saturated heterocycles. The second-order valence-corrected chi connectivity index (χ2v) is 4.10. The molecule has 0 amide bonds. The summed E-state index contributed by atoms with van der Waals surface area (Å²) >= 11 is 0. The largest absolute Gasteiger partial charge is 0.484 e. The molecule has 1 atom stereocenters.